The predicted molar refractivity (Wildman–Crippen MR) is 86.0 cm³/mol. The third-order valence-electron chi connectivity index (χ3n) is 3.23. The molecule has 1 aromatic carbocycles. The minimum Gasteiger partial charge on any atom is -0.506 e. The molecule has 0 atom stereocenters. The summed E-state index contributed by atoms with van der Waals surface area (Å²) in [4.78, 5) is 0.498. The summed E-state index contributed by atoms with van der Waals surface area (Å²) in [7, 11) is 0.244. The normalized spacial score (nSPS) is 12.5. The van der Waals surface area contributed by atoms with Crippen molar-refractivity contribution in [2.45, 2.75) is 28.6 Å². The topological polar surface area (TPSA) is 91.3 Å². The molecule has 132 valence electrons. The Labute approximate surface area is 141 Å². The Morgan fingerprint density at radius 1 is 1.17 bits per heavy atom. The Bertz CT molecular complexity index is 589. The van der Waals surface area contributed by atoms with Crippen molar-refractivity contribution in [1.82, 2.24) is 0 Å². The standard InChI is InChI=1S/C14H22O7S2/c1-18-14(19-2,20-3)8-5-9-21-23(16,17)13-7-6-11(22-4)10-12(13)15/h6-7,10,15H,5,8-9H2,1-4H3. The van der Waals surface area contributed by atoms with Gasteiger partial charge in [-0.1, -0.05) is 0 Å². The molecule has 0 aliphatic carbocycles. The van der Waals surface area contributed by atoms with Gasteiger partial charge in [0.15, 0.2) is 0 Å². The van der Waals surface area contributed by atoms with E-state index in [1.807, 2.05) is 6.26 Å². The fourth-order valence-corrected chi connectivity index (χ4v) is 3.36. The number of aromatic hydroxyl groups is 1. The van der Waals surface area contributed by atoms with Crippen molar-refractivity contribution in [3.63, 3.8) is 0 Å². The van der Waals surface area contributed by atoms with Crippen molar-refractivity contribution >= 4 is 21.9 Å². The minimum atomic E-state index is -4.04. The largest absolute Gasteiger partial charge is 0.506 e. The maximum Gasteiger partial charge on any atom is 0.300 e. The van der Waals surface area contributed by atoms with E-state index in [1.54, 1.807) is 6.07 Å². The van der Waals surface area contributed by atoms with Crippen LogP contribution in [0.5, 0.6) is 5.75 Å². The first-order valence-electron chi connectivity index (χ1n) is 6.76. The van der Waals surface area contributed by atoms with Gasteiger partial charge >= 0.3 is 10.1 Å². The van der Waals surface area contributed by atoms with E-state index in [0.29, 0.717) is 6.42 Å². The van der Waals surface area contributed by atoms with Crippen LogP contribution in [0.25, 0.3) is 0 Å². The maximum atomic E-state index is 12.1. The first-order valence-corrected chi connectivity index (χ1v) is 9.39. The molecular formula is C14H22O7S2. The molecule has 9 heteroatoms. The lowest BCUT2D eigenvalue weighted by Gasteiger charge is -2.28. The monoisotopic (exact) mass is 366 g/mol. The highest BCUT2D eigenvalue weighted by Crippen LogP contribution is 2.29. The summed E-state index contributed by atoms with van der Waals surface area (Å²) >= 11 is 1.40. The quantitative estimate of drug-likeness (QED) is 0.292. The molecule has 23 heavy (non-hydrogen) atoms. The number of methoxy groups -OCH3 is 3. The Morgan fingerprint density at radius 3 is 2.26 bits per heavy atom. The average Bonchev–Trinajstić information content (AvgIpc) is 2.55. The summed E-state index contributed by atoms with van der Waals surface area (Å²) in [6, 6.07) is 4.30. The molecule has 0 saturated heterocycles. The van der Waals surface area contributed by atoms with Gasteiger partial charge in [-0.2, -0.15) is 8.42 Å². The zero-order valence-corrected chi connectivity index (χ0v) is 15.2. The van der Waals surface area contributed by atoms with Gasteiger partial charge in [-0.3, -0.25) is 4.18 Å². The lowest BCUT2D eigenvalue weighted by molar-refractivity contribution is -0.355. The summed E-state index contributed by atoms with van der Waals surface area (Å²) in [5.41, 5.74) is 0. The van der Waals surface area contributed by atoms with Crippen molar-refractivity contribution in [1.29, 1.82) is 0 Å². The summed E-state index contributed by atoms with van der Waals surface area (Å²) in [5.74, 6) is -1.56. The Morgan fingerprint density at radius 2 is 1.78 bits per heavy atom. The summed E-state index contributed by atoms with van der Waals surface area (Å²) in [5, 5.41) is 9.83. The second-order valence-corrected chi connectivity index (χ2v) is 6.97. The zero-order chi connectivity index (χ0) is 17.5. The highest BCUT2D eigenvalue weighted by Gasteiger charge is 2.29. The van der Waals surface area contributed by atoms with E-state index in [0.717, 1.165) is 4.90 Å². The second-order valence-electron chi connectivity index (χ2n) is 4.51. The smallest absolute Gasteiger partial charge is 0.300 e. The van der Waals surface area contributed by atoms with Crippen LogP contribution >= 0.6 is 11.8 Å². The fourth-order valence-electron chi connectivity index (χ4n) is 1.91. The van der Waals surface area contributed by atoms with Gasteiger partial charge in [-0.25, -0.2) is 0 Å². The first kappa shape index (κ1) is 20.2. The molecule has 7 nitrogen and oxygen atoms in total. The van der Waals surface area contributed by atoms with Gasteiger partial charge in [0.1, 0.15) is 10.6 Å². The van der Waals surface area contributed by atoms with Crippen molar-refractivity contribution in [3.05, 3.63) is 18.2 Å². The van der Waals surface area contributed by atoms with Gasteiger partial charge in [0.2, 0.25) is 0 Å². The fraction of sp³-hybridized carbons (Fsp3) is 0.571. The van der Waals surface area contributed by atoms with E-state index in [2.05, 4.69) is 0 Å². The number of thioether (sulfide) groups is 1. The molecule has 0 radical (unpaired) electrons. The lowest BCUT2D eigenvalue weighted by Crippen LogP contribution is -2.36. The van der Waals surface area contributed by atoms with Crippen molar-refractivity contribution in [3.8, 4) is 5.75 Å². The van der Waals surface area contributed by atoms with E-state index in [1.165, 1.54) is 45.2 Å². The molecule has 1 aromatic rings. The molecule has 0 aliphatic heterocycles. The zero-order valence-electron chi connectivity index (χ0n) is 13.6. The van der Waals surface area contributed by atoms with Crippen LogP contribution < -0.4 is 0 Å². The Hall–Kier alpha value is -0.840. The van der Waals surface area contributed by atoms with E-state index < -0.39 is 16.1 Å². The molecule has 1 N–H and O–H groups in total. The van der Waals surface area contributed by atoms with Gasteiger partial charge < -0.3 is 19.3 Å². The molecule has 0 aliphatic rings. The number of benzene rings is 1. The number of phenolic OH excluding ortho intramolecular Hbond substituents is 1. The molecular weight excluding hydrogens is 344 g/mol. The summed E-state index contributed by atoms with van der Waals surface area (Å²) < 4.78 is 44.5. The van der Waals surface area contributed by atoms with Crippen molar-refractivity contribution in [2.75, 3.05) is 34.2 Å². The first-order chi connectivity index (χ1) is 10.8. The van der Waals surface area contributed by atoms with Crippen molar-refractivity contribution in [2.24, 2.45) is 0 Å². The second kappa shape index (κ2) is 8.86. The third kappa shape index (κ3) is 5.33. The Kier molecular flexibility index (Phi) is 7.78. The molecule has 0 fully saturated rings. The summed E-state index contributed by atoms with van der Waals surface area (Å²) in [6.07, 6.45) is 2.43. The van der Waals surface area contributed by atoms with Crippen molar-refractivity contribution < 1.29 is 31.9 Å². The predicted octanol–water partition coefficient (Wildman–Crippen LogP) is 2.19. The van der Waals surface area contributed by atoms with E-state index in [-0.39, 0.29) is 23.7 Å². The van der Waals surface area contributed by atoms with Crippen LogP contribution in [-0.4, -0.2) is 53.7 Å². The SMILES string of the molecule is COC(CCCOS(=O)(=O)c1ccc(SC)cc1O)(OC)OC. The third-order valence-corrected chi connectivity index (χ3v) is 5.32. The molecule has 0 bridgehead atoms. The number of ether oxygens (including phenoxy) is 3. The number of hydrogen-bond donors (Lipinski definition) is 1. The molecule has 0 spiro atoms. The molecule has 0 heterocycles. The van der Waals surface area contributed by atoms with Crippen LogP contribution in [0.4, 0.5) is 0 Å². The number of phenols is 1. The number of hydrogen-bond acceptors (Lipinski definition) is 8. The van der Waals surface area contributed by atoms with Crippen LogP contribution in [0.15, 0.2) is 28.0 Å². The maximum absolute atomic E-state index is 12.1. The van der Waals surface area contributed by atoms with E-state index in [9.17, 15) is 13.5 Å². The molecule has 1 rings (SSSR count). The van der Waals surface area contributed by atoms with Crippen LogP contribution in [0.3, 0.4) is 0 Å². The van der Waals surface area contributed by atoms with E-state index >= 15 is 0 Å². The Balaban J connectivity index is 2.67. The average molecular weight is 366 g/mol. The van der Waals surface area contributed by atoms with Gasteiger partial charge in [-0.05, 0) is 30.9 Å². The molecule has 0 unspecified atom stereocenters. The lowest BCUT2D eigenvalue weighted by atomic mass is 10.3. The van der Waals surface area contributed by atoms with Gasteiger partial charge in [0, 0.05) is 32.6 Å². The summed E-state index contributed by atoms with van der Waals surface area (Å²) in [6.45, 7) is -0.0934. The van der Waals surface area contributed by atoms with Gasteiger partial charge in [-0.15, -0.1) is 11.8 Å². The van der Waals surface area contributed by atoms with Gasteiger partial charge in [0.05, 0.1) is 6.61 Å². The highest BCUT2D eigenvalue weighted by atomic mass is 32.2. The van der Waals surface area contributed by atoms with Crippen LogP contribution in [0.2, 0.25) is 0 Å². The molecule has 0 aromatic heterocycles. The highest BCUT2D eigenvalue weighted by molar-refractivity contribution is 7.98. The minimum absolute atomic E-state index is 0.0934. The van der Waals surface area contributed by atoms with E-state index in [4.69, 9.17) is 18.4 Å². The number of rotatable bonds is 10. The van der Waals surface area contributed by atoms with Crippen LogP contribution in [-0.2, 0) is 28.5 Å². The molecule has 0 amide bonds. The molecule has 0 saturated carbocycles. The van der Waals surface area contributed by atoms with Crippen LogP contribution in [0, 0.1) is 0 Å². The van der Waals surface area contributed by atoms with Gasteiger partial charge in [0.25, 0.3) is 5.97 Å². The van der Waals surface area contributed by atoms with Crippen LogP contribution in [0.1, 0.15) is 12.8 Å².